The number of rotatable bonds is 8. The lowest BCUT2D eigenvalue weighted by Crippen LogP contribution is -2.44. The van der Waals surface area contributed by atoms with E-state index in [-0.39, 0.29) is 19.6 Å². The fourth-order valence-electron chi connectivity index (χ4n) is 1.88. The van der Waals surface area contributed by atoms with Gasteiger partial charge in [-0.15, -0.1) is 6.58 Å². The lowest BCUT2D eigenvalue weighted by Gasteiger charge is -2.29. The zero-order valence-electron chi connectivity index (χ0n) is 14.1. The number of hydrogen-bond acceptors (Lipinski definition) is 6. The molecule has 0 fully saturated rings. The second kappa shape index (κ2) is 8.56. The number of carbonyl (C=O) groups excluding carboxylic acids is 3. The van der Waals surface area contributed by atoms with E-state index in [2.05, 4.69) is 6.58 Å². The molecule has 22 heavy (non-hydrogen) atoms. The van der Waals surface area contributed by atoms with Crippen LogP contribution in [0.15, 0.2) is 12.7 Å². The van der Waals surface area contributed by atoms with E-state index in [4.69, 9.17) is 14.2 Å². The maximum atomic E-state index is 12.3. The van der Waals surface area contributed by atoms with Crippen LogP contribution < -0.4 is 0 Å². The first-order chi connectivity index (χ1) is 10.1. The van der Waals surface area contributed by atoms with Crippen molar-refractivity contribution in [2.45, 2.75) is 53.1 Å². The van der Waals surface area contributed by atoms with Gasteiger partial charge in [-0.25, -0.2) is 0 Å². The molecule has 0 spiro atoms. The number of hydrogen-bond donors (Lipinski definition) is 0. The van der Waals surface area contributed by atoms with Crippen molar-refractivity contribution in [2.75, 3.05) is 13.2 Å². The molecule has 0 amide bonds. The summed E-state index contributed by atoms with van der Waals surface area (Å²) in [6, 6.07) is 0. The first-order valence-corrected chi connectivity index (χ1v) is 7.30. The Labute approximate surface area is 131 Å². The molecule has 6 nitrogen and oxygen atoms in total. The summed E-state index contributed by atoms with van der Waals surface area (Å²) in [4.78, 5) is 36.7. The summed E-state index contributed by atoms with van der Waals surface area (Å²) in [6.45, 7) is 12.1. The summed E-state index contributed by atoms with van der Waals surface area (Å²) in [7, 11) is 0. The van der Waals surface area contributed by atoms with Crippen LogP contribution in [0.1, 0.15) is 47.5 Å². The van der Waals surface area contributed by atoms with Gasteiger partial charge in [-0.05, 0) is 41.0 Å². The molecule has 0 saturated carbocycles. The molecule has 0 heterocycles. The number of esters is 3. The molecule has 6 heteroatoms. The van der Waals surface area contributed by atoms with Crippen molar-refractivity contribution in [3.8, 4) is 0 Å². The van der Waals surface area contributed by atoms with E-state index in [1.165, 1.54) is 6.08 Å². The molecular formula is C16H26O6. The van der Waals surface area contributed by atoms with Crippen molar-refractivity contribution in [1.82, 2.24) is 0 Å². The SMILES string of the molecule is C=CCC(CC(=O)OC(C)(C)C)(C(=O)OCC)C(=O)OCC. The van der Waals surface area contributed by atoms with Crippen molar-refractivity contribution in [3.63, 3.8) is 0 Å². The Morgan fingerprint density at radius 3 is 1.77 bits per heavy atom. The quantitative estimate of drug-likeness (QED) is 0.296. The molecule has 0 rings (SSSR count). The minimum Gasteiger partial charge on any atom is -0.465 e. The van der Waals surface area contributed by atoms with Crippen molar-refractivity contribution in [3.05, 3.63) is 12.7 Å². The predicted octanol–water partition coefficient (Wildman–Crippen LogP) is 2.41. The van der Waals surface area contributed by atoms with Gasteiger partial charge in [-0.2, -0.15) is 0 Å². The minimum absolute atomic E-state index is 0.0656. The van der Waals surface area contributed by atoms with Gasteiger partial charge in [0.2, 0.25) is 0 Å². The first kappa shape index (κ1) is 20.1. The predicted molar refractivity (Wildman–Crippen MR) is 81.0 cm³/mol. The topological polar surface area (TPSA) is 78.9 Å². The van der Waals surface area contributed by atoms with Gasteiger partial charge in [-0.1, -0.05) is 6.08 Å². The molecule has 0 aliphatic carbocycles. The molecule has 0 aliphatic heterocycles. The van der Waals surface area contributed by atoms with E-state index in [1.54, 1.807) is 34.6 Å². The molecule has 0 aromatic carbocycles. The lowest BCUT2D eigenvalue weighted by atomic mass is 9.81. The molecule has 0 saturated heterocycles. The first-order valence-electron chi connectivity index (χ1n) is 7.30. The molecule has 0 bridgehead atoms. The summed E-state index contributed by atoms with van der Waals surface area (Å²) in [5.41, 5.74) is -2.48. The van der Waals surface area contributed by atoms with Crippen LogP contribution in [-0.4, -0.2) is 36.7 Å². The van der Waals surface area contributed by atoms with Crippen LogP contribution in [0.3, 0.4) is 0 Å². The smallest absolute Gasteiger partial charge is 0.324 e. The van der Waals surface area contributed by atoms with E-state index < -0.39 is 35.3 Å². The van der Waals surface area contributed by atoms with Crippen molar-refractivity contribution in [2.24, 2.45) is 5.41 Å². The molecule has 0 aromatic rings. The zero-order chi connectivity index (χ0) is 17.4. The fourth-order valence-corrected chi connectivity index (χ4v) is 1.88. The van der Waals surface area contributed by atoms with Crippen LogP contribution in [0.2, 0.25) is 0 Å². The number of ether oxygens (including phenoxy) is 3. The highest BCUT2D eigenvalue weighted by Gasteiger charge is 2.50. The van der Waals surface area contributed by atoms with Crippen LogP contribution in [0.4, 0.5) is 0 Å². The summed E-state index contributed by atoms with van der Waals surface area (Å²) in [5, 5.41) is 0. The summed E-state index contributed by atoms with van der Waals surface area (Å²) in [6.07, 6.45) is 0.871. The Morgan fingerprint density at radius 1 is 1.00 bits per heavy atom. The summed E-state index contributed by atoms with van der Waals surface area (Å²) >= 11 is 0. The second-order valence-corrected chi connectivity index (χ2v) is 5.78. The highest BCUT2D eigenvalue weighted by Crippen LogP contribution is 2.32. The Hall–Kier alpha value is -1.85. The van der Waals surface area contributed by atoms with E-state index in [1.807, 2.05) is 0 Å². The molecule has 0 aromatic heterocycles. The average Bonchev–Trinajstić information content (AvgIpc) is 2.36. The maximum absolute atomic E-state index is 12.3. The van der Waals surface area contributed by atoms with Gasteiger partial charge < -0.3 is 14.2 Å². The van der Waals surface area contributed by atoms with Gasteiger partial charge in [0.15, 0.2) is 5.41 Å². The Morgan fingerprint density at radius 2 is 1.45 bits per heavy atom. The third-order valence-electron chi connectivity index (χ3n) is 2.69. The molecule has 0 N–H and O–H groups in total. The van der Waals surface area contributed by atoms with E-state index in [0.717, 1.165) is 0 Å². The monoisotopic (exact) mass is 314 g/mol. The molecule has 126 valence electrons. The summed E-state index contributed by atoms with van der Waals surface area (Å²) in [5.74, 6) is -2.28. The van der Waals surface area contributed by atoms with Crippen molar-refractivity contribution >= 4 is 17.9 Å². The van der Waals surface area contributed by atoms with Crippen LogP contribution in [0.25, 0.3) is 0 Å². The Bertz CT molecular complexity index is 401. The third-order valence-corrected chi connectivity index (χ3v) is 2.69. The van der Waals surface area contributed by atoms with E-state index in [0.29, 0.717) is 0 Å². The van der Waals surface area contributed by atoms with Crippen LogP contribution >= 0.6 is 0 Å². The van der Waals surface area contributed by atoms with Crippen LogP contribution in [-0.2, 0) is 28.6 Å². The van der Waals surface area contributed by atoms with E-state index >= 15 is 0 Å². The van der Waals surface area contributed by atoms with Crippen LogP contribution in [0.5, 0.6) is 0 Å². The molecule has 0 radical (unpaired) electrons. The van der Waals surface area contributed by atoms with Gasteiger partial charge in [0.1, 0.15) is 5.60 Å². The average molecular weight is 314 g/mol. The van der Waals surface area contributed by atoms with Crippen LogP contribution in [0, 0.1) is 5.41 Å². The second-order valence-electron chi connectivity index (χ2n) is 5.78. The highest BCUT2D eigenvalue weighted by atomic mass is 16.6. The van der Waals surface area contributed by atoms with Gasteiger partial charge >= 0.3 is 17.9 Å². The number of carbonyl (C=O) groups is 3. The molecule has 0 atom stereocenters. The lowest BCUT2D eigenvalue weighted by molar-refractivity contribution is -0.179. The largest absolute Gasteiger partial charge is 0.465 e. The Kier molecular flexibility index (Phi) is 7.84. The Balaban J connectivity index is 5.52. The van der Waals surface area contributed by atoms with Gasteiger partial charge in [0.05, 0.1) is 19.6 Å². The van der Waals surface area contributed by atoms with Crippen molar-refractivity contribution in [1.29, 1.82) is 0 Å². The van der Waals surface area contributed by atoms with Crippen molar-refractivity contribution < 1.29 is 28.6 Å². The highest BCUT2D eigenvalue weighted by molar-refractivity contribution is 6.03. The number of allylic oxidation sites excluding steroid dienone is 1. The normalized spacial score (nSPS) is 11.5. The third kappa shape index (κ3) is 5.87. The van der Waals surface area contributed by atoms with Gasteiger partial charge in [0, 0.05) is 0 Å². The maximum Gasteiger partial charge on any atom is 0.324 e. The molecule has 0 aliphatic rings. The molecular weight excluding hydrogens is 288 g/mol. The van der Waals surface area contributed by atoms with Gasteiger partial charge in [0.25, 0.3) is 0 Å². The minimum atomic E-state index is -1.75. The molecule has 0 unspecified atom stereocenters. The van der Waals surface area contributed by atoms with Gasteiger partial charge in [-0.3, -0.25) is 14.4 Å². The summed E-state index contributed by atoms with van der Waals surface area (Å²) < 4.78 is 15.1. The standard InChI is InChI=1S/C16H26O6/c1-7-10-16(13(18)20-8-2,14(19)21-9-3)11-12(17)22-15(4,5)6/h7H,1,8-11H2,2-6H3. The fraction of sp³-hybridized carbons (Fsp3) is 0.688. The van der Waals surface area contributed by atoms with E-state index in [9.17, 15) is 14.4 Å². The zero-order valence-corrected chi connectivity index (χ0v) is 14.1.